The molecule has 0 bridgehead atoms. The minimum Gasteiger partial charge on any atom is -0.493 e. The van der Waals surface area contributed by atoms with Crippen LogP contribution in [-0.2, 0) is 0 Å². The molecule has 1 rings (SSSR count). The third kappa shape index (κ3) is 2.70. The molecule has 0 unspecified atom stereocenters. The molecule has 0 radical (unpaired) electrons. The van der Waals surface area contributed by atoms with Crippen molar-refractivity contribution in [3.8, 4) is 5.88 Å². The maximum atomic E-state index is 12.9. The number of halogens is 1. The summed E-state index contributed by atoms with van der Waals surface area (Å²) < 4.78 is 12.9. The van der Waals surface area contributed by atoms with Gasteiger partial charge in [0.2, 0.25) is 5.88 Å². The van der Waals surface area contributed by atoms with Crippen molar-refractivity contribution < 1.29 is 9.50 Å². The Hall–Kier alpha value is -1.65. The monoisotopic (exact) mass is 183 g/mol. The Kier molecular flexibility index (Phi) is 2.79. The molecule has 1 heterocycles. The number of rotatable bonds is 2. The second-order valence-electron chi connectivity index (χ2n) is 2.68. The summed E-state index contributed by atoms with van der Waals surface area (Å²) in [6.07, 6.45) is 1.41. The zero-order chi connectivity index (χ0) is 9.84. The van der Waals surface area contributed by atoms with Crippen molar-refractivity contribution in [3.05, 3.63) is 17.9 Å². The van der Waals surface area contributed by atoms with Crippen LogP contribution < -0.4 is 0 Å². The first-order valence-electron chi connectivity index (χ1n) is 3.65. The molecule has 70 valence electrons. The Labute approximate surface area is 75.4 Å². The predicted octanol–water partition coefficient (Wildman–Crippen LogP) is 1.15. The molecule has 1 N–H and O–H groups in total. The SMILES string of the molecule is CN(C)/C=N/c1nc(O)ccc1F. The number of aromatic nitrogens is 1. The first kappa shape index (κ1) is 9.44. The lowest BCUT2D eigenvalue weighted by Crippen LogP contribution is -2.07. The molecule has 1 aromatic rings. The lowest BCUT2D eigenvalue weighted by atomic mass is 10.4. The van der Waals surface area contributed by atoms with Gasteiger partial charge >= 0.3 is 0 Å². The zero-order valence-corrected chi connectivity index (χ0v) is 7.40. The Morgan fingerprint density at radius 2 is 2.23 bits per heavy atom. The summed E-state index contributed by atoms with van der Waals surface area (Å²) in [7, 11) is 3.51. The van der Waals surface area contributed by atoms with E-state index in [1.54, 1.807) is 19.0 Å². The van der Waals surface area contributed by atoms with Gasteiger partial charge in [-0.2, -0.15) is 4.98 Å². The number of pyridine rings is 1. The number of nitrogens with zero attached hydrogens (tertiary/aromatic N) is 3. The third-order valence-electron chi connectivity index (χ3n) is 1.22. The molecular formula is C8H10FN3O. The maximum Gasteiger partial charge on any atom is 0.212 e. The molecule has 0 aromatic carbocycles. The number of hydrogen-bond donors (Lipinski definition) is 1. The molecule has 0 fully saturated rings. The van der Waals surface area contributed by atoms with Crippen molar-refractivity contribution in [2.75, 3.05) is 14.1 Å². The average molecular weight is 183 g/mol. The van der Waals surface area contributed by atoms with Crippen LogP contribution in [-0.4, -0.2) is 35.4 Å². The highest BCUT2D eigenvalue weighted by Crippen LogP contribution is 2.17. The van der Waals surface area contributed by atoms with Crippen LogP contribution in [0.4, 0.5) is 10.2 Å². The first-order chi connectivity index (χ1) is 6.09. The van der Waals surface area contributed by atoms with Crippen LogP contribution in [0.2, 0.25) is 0 Å². The quantitative estimate of drug-likeness (QED) is 0.552. The Balaban J connectivity index is 2.93. The average Bonchev–Trinajstić information content (AvgIpc) is 2.06. The molecule has 0 aliphatic heterocycles. The molecule has 1 aromatic heterocycles. The Morgan fingerprint density at radius 3 is 2.85 bits per heavy atom. The Morgan fingerprint density at radius 1 is 1.54 bits per heavy atom. The first-order valence-corrected chi connectivity index (χ1v) is 3.65. The highest BCUT2D eigenvalue weighted by Gasteiger charge is 2.01. The highest BCUT2D eigenvalue weighted by atomic mass is 19.1. The van der Waals surface area contributed by atoms with Gasteiger partial charge in [-0.3, -0.25) is 0 Å². The van der Waals surface area contributed by atoms with E-state index in [1.165, 1.54) is 12.4 Å². The van der Waals surface area contributed by atoms with E-state index in [9.17, 15) is 4.39 Å². The van der Waals surface area contributed by atoms with Gasteiger partial charge in [-0.05, 0) is 6.07 Å². The third-order valence-corrected chi connectivity index (χ3v) is 1.22. The summed E-state index contributed by atoms with van der Waals surface area (Å²) >= 11 is 0. The minimum atomic E-state index is -0.559. The summed E-state index contributed by atoms with van der Waals surface area (Å²) in [5.41, 5.74) is 0. The van der Waals surface area contributed by atoms with Crippen molar-refractivity contribution in [1.29, 1.82) is 0 Å². The van der Waals surface area contributed by atoms with Crippen LogP contribution in [0.5, 0.6) is 5.88 Å². The molecule has 0 atom stereocenters. The molecule has 0 aliphatic rings. The van der Waals surface area contributed by atoms with Crippen LogP contribution in [0.3, 0.4) is 0 Å². The highest BCUT2D eigenvalue weighted by molar-refractivity contribution is 5.59. The van der Waals surface area contributed by atoms with Gasteiger partial charge in [0.05, 0.1) is 6.34 Å². The maximum absolute atomic E-state index is 12.9. The summed E-state index contributed by atoms with van der Waals surface area (Å²) in [5.74, 6) is -0.920. The van der Waals surface area contributed by atoms with Gasteiger partial charge in [0.25, 0.3) is 0 Å². The van der Waals surface area contributed by atoms with E-state index in [0.29, 0.717) is 0 Å². The van der Waals surface area contributed by atoms with Gasteiger partial charge in [-0.15, -0.1) is 0 Å². The molecule has 5 heteroatoms. The molecule has 0 aliphatic carbocycles. The van der Waals surface area contributed by atoms with E-state index in [-0.39, 0.29) is 11.7 Å². The van der Waals surface area contributed by atoms with E-state index < -0.39 is 5.82 Å². The predicted molar refractivity (Wildman–Crippen MR) is 47.7 cm³/mol. The summed E-state index contributed by atoms with van der Waals surface area (Å²) in [4.78, 5) is 8.87. The Bertz CT molecular complexity index is 325. The van der Waals surface area contributed by atoms with Crippen molar-refractivity contribution >= 4 is 12.2 Å². The smallest absolute Gasteiger partial charge is 0.212 e. The van der Waals surface area contributed by atoms with Crippen LogP contribution in [0, 0.1) is 5.82 Å². The number of hydrogen-bond acceptors (Lipinski definition) is 3. The fourth-order valence-corrected chi connectivity index (χ4v) is 0.682. The van der Waals surface area contributed by atoms with Crippen LogP contribution in [0.15, 0.2) is 17.1 Å². The summed E-state index contributed by atoms with van der Waals surface area (Å²) in [5, 5.41) is 8.94. The normalized spacial score (nSPS) is 10.7. The molecule has 0 saturated heterocycles. The van der Waals surface area contributed by atoms with Crippen molar-refractivity contribution in [3.63, 3.8) is 0 Å². The second kappa shape index (κ2) is 3.84. The molecular weight excluding hydrogens is 173 g/mol. The van der Waals surface area contributed by atoms with E-state index >= 15 is 0 Å². The molecule has 4 nitrogen and oxygen atoms in total. The van der Waals surface area contributed by atoms with Gasteiger partial charge < -0.3 is 10.0 Å². The standard InChI is InChI=1S/C8H10FN3O/c1-12(2)5-10-8-6(9)3-4-7(13)11-8/h3-5H,1-2H3,(H,11,13)/b10-5+. The van der Waals surface area contributed by atoms with Crippen molar-refractivity contribution in [2.45, 2.75) is 0 Å². The van der Waals surface area contributed by atoms with Gasteiger partial charge in [-0.1, -0.05) is 0 Å². The van der Waals surface area contributed by atoms with Gasteiger partial charge in [0, 0.05) is 20.2 Å². The lowest BCUT2D eigenvalue weighted by molar-refractivity contribution is 0.450. The number of aliphatic imine (C=N–C) groups is 1. The van der Waals surface area contributed by atoms with E-state index in [4.69, 9.17) is 5.11 Å². The lowest BCUT2D eigenvalue weighted by Gasteiger charge is -2.02. The van der Waals surface area contributed by atoms with Gasteiger partial charge in [0.1, 0.15) is 0 Å². The summed E-state index contributed by atoms with van der Waals surface area (Å²) in [6, 6.07) is 2.29. The van der Waals surface area contributed by atoms with Crippen molar-refractivity contribution in [2.24, 2.45) is 4.99 Å². The van der Waals surface area contributed by atoms with Crippen LogP contribution in [0.25, 0.3) is 0 Å². The summed E-state index contributed by atoms with van der Waals surface area (Å²) in [6.45, 7) is 0. The largest absolute Gasteiger partial charge is 0.493 e. The fraction of sp³-hybridized carbons (Fsp3) is 0.250. The number of aromatic hydroxyl groups is 1. The topological polar surface area (TPSA) is 48.7 Å². The van der Waals surface area contributed by atoms with E-state index in [1.807, 2.05) is 0 Å². The molecule has 0 saturated carbocycles. The van der Waals surface area contributed by atoms with Gasteiger partial charge in [-0.25, -0.2) is 9.38 Å². The van der Waals surface area contributed by atoms with Gasteiger partial charge in [0.15, 0.2) is 11.6 Å². The van der Waals surface area contributed by atoms with Crippen molar-refractivity contribution in [1.82, 2.24) is 9.88 Å². The molecule has 0 spiro atoms. The zero-order valence-electron chi connectivity index (χ0n) is 7.40. The fourth-order valence-electron chi connectivity index (χ4n) is 0.682. The van der Waals surface area contributed by atoms with E-state index in [0.717, 1.165) is 6.07 Å². The molecule has 13 heavy (non-hydrogen) atoms. The minimum absolute atomic E-state index is 0.117. The second-order valence-corrected chi connectivity index (χ2v) is 2.68. The van der Waals surface area contributed by atoms with Crippen LogP contribution in [0.1, 0.15) is 0 Å². The van der Waals surface area contributed by atoms with E-state index in [2.05, 4.69) is 9.98 Å². The van der Waals surface area contributed by atoms with Crippen LogP contribution >= 0.6 is 0 Å². The molecule has 0 amide bonds.